The molecule has 238 valence electrons. The molecule has 1 saturated heterocycles. The molecule has 0 radical (unpaired) electrons. The predicted octanol–water partition coefficient (Wildman–Crippen LogP) is 8.60. The molecule has 2 N–H and O–H groups in total. The summed E-state index contributed by atoms with van der Waals surface area (Å²) in [7, 11) is 0. The SMILES string of the molecule is Cc1nc(C)c([C@H](Nc2cc(Cl)c3ncc(C#N)c(Nc4ccc(F)c(Cl)c4)c3c2)c2cn(C3CCN(C(C)(C)C)CC3)nn2)s1. The van der Waals surface area contributed by atoms with E-state index in [4.69, 9.17) is 23.2 Å². The first kappa shape index (κ1) is 32.1. The average molecular weight is 679 g/mol. The van der Waals surface area contributed by atoms with Crippen LogP contribution in [0.15, 0.2) is 42.7 Å². The lowest BCUT2D eigenvalue weighted by atomic mass is 9.98. The number of pyridine rings is 1. The Morgan fingerprint density at radius 1 is 1.09 bits per heavy atom. The maximum atomic E-state index is 13.9. The zero-order chi connectivity index (χ0) is 32.7. The number of hydrogen-bond donors (Lipinski definition) is 2. The van der Waals surface area contributed by atoms with Crippen LogP contribution in [0, 0.1) is 31.0 Å². The molecule has 3 aromatic heterocycles. The Balaban J connectivity index is 1.37. The maximum Gasteiger partial charge on any atom is 0.141 e. The summed E-state index contributed by atoms with van der Waals surface area (Å²) >= 11 is 14.5. The van der Waals surface area contributed by atoms with E-state index in [2.05, 4.69) is 62.7 Å². The van der Waals surface area contributed by atoms with E-state index in [-0.39, 0.29) is 22.6 Å². The Labute approximate surface area is 281 Å². The van der Waals surface area contributed by atoms with E-state index < -0.39 is 5.82 Å². The van der Waals surface area contributed by atoms with Gasteiger partial charge in [-0.3, -0.25) is 9.88 Å². The molecule has 13 heteroatoms. The van der Waals surface area contributed by atoms with E-state index in [1.54, 1.807) is 17.4 Å². The number of likely N-dealkylation sites (tertiary alicyclic amines) is 1. The number of aromatic nitrogens is 5. The topological polar surface area (TPSA) is 108 Å². The van der Waals surface area contributed by atoms with Gasteiger partial charge in [0.2, 0.25) is 0 Å². The van der Waals surface area contributed by atoms with Crippen LogP contribution in [0.1, 0.15) is 72.5 Å². The standard InChI is InChI=1S/C33H34Cl2FN9S/c1-18-32(46-19(2)39-18)31(28-17-45(43-42-28)23-8-10-44(11-9-23)33(3,4)5)41-22-12-24-29(40-21-6-7-27(36)25(34)13-21)20(15-37)16-38-30(24)26(35)14-22/h6-7,12-14,16-17,23,31,41H,8-11H2,1-5H3,(H,38,40)/t31-/m1/s1. The van der Waals surface area contributed by atoms with Crippen LogP contribution in [-0.4, -0.2) is 48.5 Å². The molecule has 1 atom stereocenters. The van der Waals surface area contributed by atoms with Crippen molar-refractivity contribution >= 4 is 62.5 Å². The van der Waals surface area contributed by atoms with Crippen LogP contribution in [-0.2, 0) is 0 Å². The number of nitriles is 1. The number of piperidine rings is 1. The van der Waals surface area contributed by atoms with Crippen LogP contribution >= 0.6 is 34.5 Å². The lowest BCUT2D eigenvalue weighted by molar-refractivity contribution is 0.0866. The van der Waals surface area contributed by atoms with Crippen LogP contribution in [0.5, 0.6) is 0 Å². The van der Waals surface area contributed by atoms with Crippen LogP contribution in [0.25, 0.3) is 10.9 Å². The van der Waals surface area contributed by atoms with Crippen LogP contribution in [0.2, 0.25) is 10.0 Å². The minimum Gasteiger partial charge on any atom is -0.372 e. The van der Waals surface area contributed by atoms with E-state index >= 15 is 0 Å². The van der Waals surface area contributed by atoms with Crippen molar-refractivity contribution in [2.75, 3.05) is 23.7 Å². The first-order valence-electron chi connectivity index (χ1n) is 15.0. The Morgan fingerprint density at radius 2 is 1.83 bits per heavy atom. The zero-order valence-corrected chi connectivity index (χ0v) is 28.5. The highest BCUT2D eigenvalue weighted by Crippen LogP contribution is 2.39. The predicted molar refractivity (Wildman–Crippen MR) is 183 cm³/mol. The summed E-state index contributed by atoms with van der Waals surface area (Å²) in [5.41, 5.74) is 4.31. The number of hydrogen-bond acceptors (Lipinski definition) is 9. The first-order valence-corrected chi connectivity index (χ1v) is 16.6. The molecule has 46 heavy (non-hydrogen) atoms. The number of thiazole rings is 1. The molecule has 1 fully saturated rings. The summed E-state index contributed by atoms with van der Waals surface area (Å²) in [5.74, 6) is -0.534. The summed E-state index contributed by atoms with van der Waals surface area (Å²) < 4.78 is 15.9. The second kappa shape index (κ2) is 12.8. The fourth-order valence-corrected chi connectivity index (χ4v) is 7.38. The van der Waals surface area contributed by atoms with Gasteiger partial charge in [0.25, 0.3) is 0 Å². The number of fused-ring (bicyclic) bond motifs is 1. The van der Waals surface area contributed by atoms with Crippen molar-refractivity contribution in [3.8, 4) is 6.07 Å². The molecule has 0 spiro atoms. The Kier molecular flexibility index (Phi) is 8.91. The molecule has 1 aliphatic rings. The normalized spacial score (nSPS) is 15.2. The van der Waals surface area contributed by atoms with Gasteiger partial charge in [-0.1, -0.05) is 28.4 Å². The smallest absolute Gasteiger partial charge is 0.141 e. The summed E-state index contributed by atoms with van der Waals surface area (Å²) in [6.45, 7) is 12.8. The van der Waals surface area contributed by atoms with Crippen molar-refractivity contribution in [1.29, 1.82) is 5.26 Å². The quantitative estimate of drug-likeness (QED) is 0.176. The van der Waals surface area contributed by atoms with Gasteiger partial charge in [0.1, 0.15) is 23.6 Å². The summed E-state index contributed by atoms with van der Waals surface area (Å²) in [4.78, 5) is 12.7. The van der Waals surface area contributed by atoms with Crippen LogP contribution in [0.3, 0.4) is 0 Å². The number of aryl methyl sites for hydroxylation is 2. The Hall–Kier alpha value is -3.82. The van der Waals surface area contributed by atoms with Gasteiger partial charge in [0, 0.05) is 41.6 Å². The van der Waals surface area contributed by atoms with Crippen molar-refractivity contribution in [2.24, 2.45) is 0 Å². The van der Waals surface area contributed by atoms with E-state index in [1.807, 2.05) is 36.9 Å². The van der Waals surface area contributed by atoms with Crippen LogP contribution < -0.4 is 10.6 Å². The van der Waals surface area contributed by atoms with Gasteiger partial charge in [-0.05, 0) is 77.8 Å². The first-order chi connectivity index (χ1) is 21.9. The van der Waals surface area contributed by atoms with Crippen molar-refractivity contribution in [1.82, 2.24) is 29.9 Å². The molecule has 0 unspecified atom stereocenters. The molecule has 2 aromatic carbocycles. The molecule has 6 rings (SSSR count). The minimum absolute atomic E-state index is 0.0341. The lowest BCUT2D eigenvalue weighted by Crippen LogP contribution is -2.46. The number of halogens is 3. The average Bonchev–Trinajstić information content (AvgIpc) is 3.64. The highest BCUT2D eigenvalue weighted by Gasteiger charge is 2.30. The van der Waals surface area contributed by atoms with Gasteiger partial charge in [0.05, 0.1) is 54.6 Å². The number of nitrogens with zero attached hydrogens (tertiary/aromatic N) is 7. The largest absolute Gasteiger partial charge is 0.372 e. The molecule has 0 amide bonds. The molecule has 0 bridgehead atoms. The molecule has 1 aliphatic heterocycles. The molecule has 5 aromatic rings. The molecule has 0 saturated carbocycles. The van der Waals surface area contributed by atoms with Crippen LogP contribution in [0.4, 0.5) is 21.5 Å². The van der Waals surface area contributed by atoms with Gasteiger partial charge < -0.3 is 10.6 Å². The number of nitrogens with one attached hydrogen (secondary N) is 2. The van der Waals surface area contributed by atoms with Gasteiger partial charge >= 0.3 is 0 Å². The Bertz CT molecular complexity index is 1950. The van der Waals surface area contributed by atoms with Crippen molar-refractivity contribution < 1.29 is 4.39 Å². The third kappa shape index (κ3) is 6.53. The lowest BCUT2D eigenvalue weighted by Gasteiger charge is -2.40. The fraction of sp³-hybridized carbons (Fsp3) is 0.364. The van der Waals surface area contributed by atoms with E-state index in [1.165, 1.54) is 18.3 Å². The number of anilines is 3. The Morgan fingerprint density at radius 3 is 2.48 bits per heavy atom. The summed E-state index contributed by atoms with van der Waals surface area (Å²) in [6.07, 6.45) is 5.50. The van der Waals surface area contributed by atoms with E-state index in [0.717, 1.165) is 47.2 Å². The molecular weight excluding hydrogens is 644 g/mol. The third-order valence-electron chi connectivity index (χ3n) is 8.36. The van der Waals surface area contributed by atoms with Crippen molar-refractivity contribution in [3.05, 3.63) is 85.4 Å². The van der Waals surface area contributed by atoms with Gasteiger partial charge in [-0.25, -0.2) is 14.1 Å². The van der Waals surface area contributed by atoms with Gasteiger partial charge in [0.15, 0.2) is 0 Å². The van der Waals surface area contributed by atoms with E-state index in [9.17, 15) is 9.65 Å². The second-order valence-electron chi connectivity index (χ2n) is 12.5. The maximum absolute atomic E-state index is 13.9. The van der Waals surface area contributed by atoms with Gasteiger partial charge in [-0.2, -0.15) is 5.26 Å². The van der Waals surface area contributed by atoms with Gasteiger partial charge in [-0.15, -0.1) is 16.4 Å². The molecular formula is C33H34Cl2FN9S. The minimum atomic E-state index is -0.534. The summed E-state index contributed by atoms with van der Waals surface area (Å²) in [5, 5.41) is 28.0. The fourth-order valence-electron chi connectivity index (χ4n) is 5.94. The van der Waals surface area contributed by atoms with E-state index in [0.29, 0.717) is 38.6 Å². The zero-order valence-electron chi connectivity index (χ0n) is 26.2. The number of rotatable bonds is 7. The van der Waals surface area contributed by atoms with Crippen molar-refractivity contribution in [3.63, 3.8) is 0 Å². The van der Waals surface area contributed by atoms with Crippen molar-refractivity contribution in [2.45, 2.75) is 65.1 Å². The monoisotopic (exact) mass is 677 g/mol. The summed E-state index contributed by atoms with van der Waals surface area (Å²) in [6, 6.07) is 10.1. The molecule has 4 heterocycles. The second-order valence-corrected chi connectivity index (χ2v) is 14.6. The third-order valence-corrected chi connectivity index (χ3v) is 10.1. The molecule has 9 nitrogen and oxygen atoms in total. The number of benzene rings is 2. The molecule has 0 aliphatic carbocycles. The highest BCUT2D eigenvalue weighted by molar-refractivity contribution is 7.11. The highest BCUT2D eigenvalue weighted by atomic mass is 35.5.